The van der Waals surface area contributed by atoms with E-state index in [1.807, 2.05) is 0 Å². The van der Waals surface area contributed by atoms with Crippen LogP contribution in [0.1, 0.15) is 6.42 Å². The number of rotatable bonds is 10. The highest BCUT2D eigenvalue weighted by Crippen LogP contribution is 2.52. The van der Waals surface area contributed by atoms with Crippen LogP contribution in [0.5, 0.6) is 23.0 Å². The maximum Gasteiger partial charge on any atom is 0.260 e. The highest BCUT2D eigenvalue weighted by molar-refractivity contribution is 7.01. The van der Waals surface area contributed by atoms with Gasteiger partial charge in [0.15, 0.2) is 5.58 Å². The van der Waals surface area contributed by atoms with Gasteiger partial charge < -0.3 is 42.6 Å². The fourth-order valence-corrected chi connectivity index (χ4v) is 18.8. The van der Waals surface area contributed by atoms with Crippen LogP contribution in [-0.2, 0) is 0 Å². The number of aromatic nitrogens is 2. The van der Waals surface area contributed by atoms with Crippen LogP contribution >= 0.6 is 0 Å². The van der Waals surface area contributed by atoms with Crippen LogP contribution in [0.3, 0.4) is 0 Å². The molecule has 530 valence electrons. The average molecular weight is 1450 g/mol. The fraction of sp³-hybridized carbons (Fsp3) is 0.0196. The summed E-state index contributed by atoms with van der Waals surface area (Å²) in [6, 6.07) is 133. The number of benzene rings is 16. The quantitative estimate of drug-likeness (QED) is 0.126. The summed E-state index contributed by atoms with van der Waals surface area (Å²) in [5.41, 5.74) is 27.9. The Morgan fingerprint density at radius 1 is 0.319 bits per heavy atom. The van der Waals surface area contributed by atoms with Crippen molar-refractivity contribution in [2.75, 3.05) is 19.6 Å². The van der Waals surface area contributed by atoms with E-state index in [9.17, 15) is 0 Å². The van der Waals surface area contributed by atoms with Crippen molar-refractivity contribution in [3.8, 4) is 34.4 Å². The molecule has 9 nitrogen and oxygen atoms in total. The number of furan rings is 1. The minimum absolute atomic E-state index is 0.0281. The average Bonchev–Trinajstić information content (AvgIpc) is 1.50. The predicted molar refractivity (Wildman–Crippen MR) is 470 cm³/mol. The number of nitrogens with zero attached hydrogens (tertiary/aromatic N) is 6. The monoisotopic (exact) mass is 1450 g/mol. The molecule has 1 aliphatic carbocycles. The van der Waals surface area contributed by atoms with Crippen LogP contribution < -0.4 is 61.9 Å². The van der Waals surface area contributed by atoms with Crippen molar-refractivity contribution < 1.29 is 13.9 Å². The Morgan fingerprint density at radius 2 is 0.814 bits per heavy atom. The van der Waals surface area contributed by atoms with Gasteiger partial charge in [0.05, 0.1) is 50.3 Å². The van der Waals surface area contributed by atoms with Gasteiger partial charge in [0.2, 0.25) is 0 Å². The number of para-hydroxylation sites is 10. The third-order valence-corrected chi connectivity index (χ3v) is 23.5. The van der Waals surface area contributed by atoms with E-state index < -0.39 is 0 Å². The second-order valence-electron chi connectivity index (χ2n) is 29.7. The number of hydrogen-bond donors (Lipinski definition) is 0. The van der Waals surface area contributed by atoms with E-state index in [1.165, 1.54) is 27.5 Å². The van der Waals surface area contributed by atoms with E-state index in [2.05, 4.69) is 423 Å². The molecule has 24 rings (SSSR count). The lowest BCUT2D eigenvalue weighted by Gasteiger charge is -2.44. The Balaban J connectivity index is 0.000000135. The highest BCUT2D eigenvalue weighted by Gasteiger charge is 2.47. The van der Waals surface area contributed by atoms with Crippen molar-refractivity contribution in [1.82, 2.24) is 9.13 Å². The number of allylic oxidation sites excluding steroid dienone is 2. The summed E-state index contributed by atoms with van der Waals surface area (Å²) in [6.07, 6.45) is 9.80. The molecule has 0 N–H and O–H groups in total. The Morgan fingerprint density at radius 3 is 1.43 bits per heavy atom. The van der Waals surface area contributed by atoms with Gasteiger partial charge in [-0.2, -0.15) is 0 Å². The zero-order valence-electron chi connectivity index (χ0n) is 61.4. The largest absolute Gasteiger partial charge is 0.458 e. The molecule has 16 aromatic carbocycles. The minimum atomic E-state index is -0.0922. The summed E-state index contributed by atoms with van der Waals surface area (Å²) in [4.78, 5) is 9.74. The first kappa shape index (κ1) is 64.3. The fourth-order valence-electron chi connectivity index (χ4n) is 18.8. The molecule has 3 aromatic heterocycles. The van der Waals surface area contributed by atoms with Crippen LogP contribution in [0.15, 0.2) is 399 Å². The lowest BCUT2D eigenvalue weighted by Crippen LogP contribution is -2.61. The number of fused-ring (bicyclic) bond motifs is 20. The van der Waals surface area contributed by atoms with Gasteiger partial charge in [-0.3, -0.25) is 0 Å². The smallest absolute Gasteiger partial charge is 0.260 e. The zero-order chi connectivity index (χ0) is 74.2. The van der Waals surface area contributed by atoms with Gasteiger partial charge in [-0.05, 0) is 191 Å². The second-order valence-corrected chi connectivity index (χ2v) is 29.7. The van der Waals surface area contributed by atoms with E-state index in [-0.39, 0.29) is 19.5 Å². The van der Waals surface area contributed by atoms with Crippen molar-refractivity contribution >= 4 is 174 Å². The Labute approximate surface area is 654 Å². The van der Waals surface area contributed by atoms with Gasteiger partial charge >= 0.3 is 0 Å². The summed E-state index contributed by atoms with van der Waals surface area (Å²) in [6.45, 7) is -0.120. The molecular formula is C102H68B2N6O3. The van der Waals surface area contributed by atoms with Crippen molar-refractivity contribution in [1.29, 1.82) is 0 Å². The first-order chi connectivity index (χ1) is 56.1. The Bertz CT molecular complexity index is 7030. The predicted octanol–water partition coefficient (Wildman–Crippen LogP) is 22.8. The van der Waals surface area contributed by atoms with Gasteiger partial charge in [-0.15, -0.1) is 0 Å². The molecule has 0 radical (unpaired) electrons. The van der Waals surface area contributed by atoms with Crippen LogP contribution in [0.2, 0.25) is 0 Å². The summed E-state index contributed by atoms with van der Waals surface area (Å²) < 4.78 is 25.8. The first-order valence-corrected chi connectivity index (χ1v) is 38.9. The second kappa shape index (κ2) is 26.0. The standard InChI is InChI=1S/C54H36BN3O2.C48H32BN3O/c1-5-16-35(17-6-1)56(36-18-7-2-8-19-36)39-28-29-41-47(34-39)58(38-22-11-4-12-23-38)46-33-31-43-54(51(41)46)60-49-27-15-26-48-52(49)55(43)42-30-32-45-50(53(42)59-48)40-24-13-14-25-44(40)57(45)37-20-9-3-10-21-37;1-5-17-33(18-6-1)50(34-19-7-2-8-20-34)37-31-43-46-44(32-37)52(36-23-11-4-12-24-36)47-41(30-29-39-38-25-13-16-28-45(38)53-48(39)47)49(46)40-26-14-15-27-42(40)51(43)35-21-9-3-10-22-35/h1-18,20-34,36H,19H2;1-32H. The van der Waals surface area contributed by atoms with Gasteiger partial charge in [-0.25, -0.2) is 0 Å². The molecule has 7 heterocycles. The molecule has 0 saturated heterocycles. The molecule has 1 atom stereocenters. The van der Waals surface area contributed by atoms with Crippen LogP contribution in [0, 0.1) is 0 Å². The van der Waals surface area contributed by atoms with Crippen LogP contribution in [0.4, 0.5) is 62.6 Å². The van der Waals surface area contributed by atoms with E-state index in [4.69, 9.17) is 13.9 Å². The Hall–Kier alpha value is -14.7. The topological polar surface area (TPSA) is 54.4 Å². The lowest BCUT2D eigenvalue weighted by atomic mass is 9.33. The third-order valence-electron chi connectivity index (χ3n) is 23.5. The first-order valence-electron chi connectivity index (χ1n) is 38.9. The van der Waals surface area contributed by atoms with E-state index in [1.54, 1.807) is 0 Å². The molecule has 4 aliphatic heterocycles. The summed E-state index contributed by atoms with van der Waals surface area (Å²) in [7, 11) is 0. The minimum Gasteiger partial charge on any atom is -0.458 e. The molecule has 113 heavy (non-hydrogen) atoms. The SMILES string of the molecule is C1=CCC(N(c2ccccc2)c2ccc3c4c5c(ccc4n(-c4ccccc4)c3c2)B2c3ccc4c(c3Oc3cccc(c32)O5)c2ccccc2n4-c2ccccc2)C=C1.c1ccc(N(c2ccccc2)c2cc3c4c(c2)N(c2ccccc2)c2c(ccc5c2oc2ccccc25)B4c2ccccc2N3c2ccccc2)cc1. The van der Waals surface area contributed by atoms with Gasteiger partial charge in [0.1, 0.15) is 28.6 Å². The third kappa shape index (κ3) is 10.1. The summed E-state index contributed by atoms with van der Waals surface area (Å²) >= 11 is 0. The number of hydrogen-bond acceptors (Lipinski definition) is 7. The molecule has 0 saturated carbocycles. The summed E-state index contributed by atoms with van der Waals surface area (Å²) in [5.74, 6) is 3.47. The molecule has 5 aliphatic rings. The zero-order valence-corrected chi connectivity index (χ0v) is 61.4. The molecule has 11 heteroatoms. The van der Waals surface area contributed by atoms with Crippen molar-refractivity contribution in [2.45, 2.75) is 12.5 Å². The van der Waals surface area contributed by atoms with Gasteiger partial charge in [0.25, 0.3) is 13.4 Å². The van der Waals surface area contributed by atoms with Crippen LogP contribution in [-0.4, -0.2) is 28.6 Å². The maximum atomic E-state index is 7.15. The van der Waals surface area contributed by atoms with E-state index in [0.29, 0.717) is 0 Å². The summed E-state index contributed by atoms with van der Waals surface area (Å²) in [5, 5.41) is 6.78. The maximum absolute atomic E-state index is 7.15. The lowest BCUT2D eigenvalue weighted by molar-refractivity contribution is 0.470. The van der Waals surface area contributed by atoms with Gasteiger partial charge in [-0.1, -0.05) is 237 Å². The van der Waals surface area contributed by atoms with Crippen LogP contribution in [0.25, 0.3) is 76.9 Å². The van der Waals surface area contributed by atoms with Crippen molar-refractivity contribution in [3.05, 3.63) is 394 Å². The van der Waals surface area contributed by atoms with Crippen molar-refractivity contribution in [3.63, 3.8) is 0 Å². The molecule has 0 amide bonds. The van der Waals surface area contributed by atoms with E-state index >= 15 is 0 Å². The normalized spacial score (nSPS) is 13.9. The number of anilines is 11. The van der Waals surface area contributed by atoms with Gasteiger partial charge in [0, 0.05) is 89.6 Å². The number of ether oxygens (including phenoxy) is 2. The molecule has 19 aromatic rings. The molecule has 0 fully saturated rings. The molecule has 0 spiro atoms. The van der Waals surface area contributed by atoms with Crippen molar-refractivity contribution in [2.24, 2.45) is 0 Å². The van der Waals surface area contributed by atoms with E-state index in [0.717, 1.165) is 174 Å². The highest BCUT2D eigenvalue weighted by atomic mass is 16.5. The molecule has 1 unspecified atom stereocenters. The molecular weight excluding hydrogens is 1380 g/mol. The molecule has 0 bridgehead atoms. The Kier molecular flexibility index (Phi) is 14.8.